The molecule has 1 aromatic carbocycles. The fourth-order valence-electron chi connectivity index (χ4n) is 3.08. The van der Waals surface area contributed by atoms with E-state index in [-0.39, 0.29) is 17.3 Å². The van der Waals surface area contributed by atoms with Crippen LogP contribution < -0.4 is 0 Å². The van der Waals surface area contributed by atoms with Crippen LogP contribution in [0.15, 0.2) is 33.7 Å². The third-order valence-electron chi connectivity index (χ3n) is 4.40. The molecule has 0 unspecified atom stereocenters. The highest BCUT2D eigenvalue weighted by molar-refractivity contribution is 14.1. The summed E-state index contributed by atoms with van der Waals surface area (Å²) in [5.41, 5.74) is 0.978. The second-order valence-corrected chi connectivity index (χ2v) is 9.33. The predicted molar refractivity (Wildman–Crippen MR) is 104 cm³/mol. The molecule has 7 nitrogen and oxygen atoms in total. The number of benzene rings is 1. The first-order chi connectivity index (χ1) is 12.3. The van der Waals surface area contributed by atoms with Gasteiger partial charge in [0.05, 0.1) is 0 Å². The number of carbonyl (C=O) groups excluding carboxylic acids is 1. The fraction of sp³-hybridized carbons (Fsp3) is 0.412. The Morgan fingerprint density at radius 3 is 2.42 bits per heavy atom. The van der Waals surface area contributed by atoms with E-state index < -0.39 is 10.0 Å². The summed E-state index contributed by atoms with van der Waals surface area (Å²) in [7, 11) is -3.68. The Bertz CT molecular complexity index is 889. The molecule has 1 aromatic heterocycles. The van der Waals surface area contributed by atoms with Crippen molar-refractivity contribution in [2.75, 3.05) is 26.2 Å². The Balaban J connectivity index is 1.76. The van der Waals surface area contributed by atoms with Crippen LogP contribution in [0.2, 0.25) is 0 Å². The number of sulfonamides is 1. The maximum Gasteiger partial charge on any atom is 0.253 e. The van der Waals surface area contributed by atoms with E-state index in [2.05, 4.69) is 27.7 Å². The summed E-state index contributed by atoms with van der Waals surface area (Å²) < 4.78 is 33.4. The molecule has 2 heterocycles. The second kappa shape index (κ2) is 7.65. The van der Waals surface area contributed by atoms with Crippen molar-refractivity contribution in [2.45, 2.75) is 25.2 Å². The van der Waals surface area contributed by atoms with Gasteiger partial charge in [-0.2, -0.15) is 4.31 Å². The molecule has 0 N–H and O–H groups in total. The van der Waals surface area contributed by atoms with Gasteiger partial charge in [-0.3, -0.25) is 4.79 Å². The smallest absolute Gasteiger partial charge is 0.253 e. The lowest BCUT2D eigenvalue weighted by Gasteiger charge is -2.22. The first-order valence-corrected chi connectivity index (χ1v) is 10.8. The number of aromatic nitrogens is 1. The summed E-state index contributed by atoms with van der Waals surface area (Å²) in [6, 6.07) is 7.38. The Kier molecular flexibility index (Phi) is 5.68. The highest BCUT2D eigenvalue weighted by Crippen LogP contribution is 2.24. The van der Waals surface area contributed by atoms with Gasteiger partial charge < -0.3 is 9.42 Å². The van der Waals surface area contributed by atoms with Crippen LogP contribution in [0.3, 0.4) is 0 Å². The molecule has 1 fully saturated rings. The standard InChI is InChI=1S/C17H20IN3O4S/c1-12-16(13(2)25-19-12)26(23,24)21-9-3-8-20(10-11-21)17(22)14-4-6-15(18)7-5-14/h4-7H,3,8-11H2,1-2H3. The van der Waals surface area contributed by atoms with Gasteiger partial charge in [-0.25, -0.2) is 8.42 Å². The molecule has 3 rings (SSSR count). The van der Waals surface area contributed by atoms with Gasteiger partial charge in [0.1, 0.15) is 10.6 Å². The lowest BCUT2D eigenvalue weighted by Crippen LogP contribution is -2.37. The lowest BCUT2D eigenvalue weighted by molar-refractivity contribution is 0.0764. The molecule has 1 aliphatic heterocycles. The maximum absolute atomic E-state index is 12.9. The van der Waals surface area contributed by atoms with Crippen LogP contribution in [0.25, 0.3) is 0 Å². The number of nitrogens with zero attached hydrogens (tertiary/aromatic N) is 3. The lowest BCUT2D eigenvalue weighted by atomic mass is 10.2. The molecule has 1 amide bonds. The summed E-state index contributed by atoms with van der Waals surface area (Å²) >= 11 is 2.19. The highest BCUT2D eigenvalue weighted by Gasteiger charge is 2.33. The minimum absolute atomic E-state index is 0.0713. The van der Waals surface area contributed by atoms with E-state index >= 15 is 0 Å². The average molecular weight is 489 g/mol. The quantitative estimate of drug-likeness (QED) is 0.619. The van der Waals surface area contributed by atoms with Gasteiger partial charge in [0, 0.05) is 35.3 Å². The van der Waals surface area contributed by atoms with Gasteiger partial charge in [-0.15, -0.1) is 0 Å². The fourth-order valence-corrected chi connectivity index (χ4v) is 5.20. The van der Waals surface area contributed by atoms with E-state index in [9.17, 15) is 13.2 Å². The van der Waals surface area contributed by atoms with Crippen LogP contribution in [0.4, 0.5) is 0 Å². The molecule has 0 bridgehead atoms. The zero-order valence-corrected chi connectivity index (χ0v) is 17.6. The molecule has 26 heavy (non-hydrogen) atoms. The van der Waals surface area contributed by atoms with Crippen LogP contribution in [-0.2, 0) is 10.0 Å². The zero-order chi connectivity index (χ0) is 18.9. The van der Waals surface area contributed by atoms with Gasteiger partial charge in [-0.05, 0) is 67.1 Å². The van der Waals surface area contributed by atoms with E-state index in [0.29, 0.717) is 43.1 Å². The van der Waals surface area contributed by atoms with Crippen LogP contribution in [0.1, 0.15) is 28.2 Å². The van der Waals surface area contributed by atoms with E-state index in [1.165, 1.54) is 4.31 Å². The SMILES string of the molecule is Cc1noc(C)c1S(=O)(=O)N1CCCN(C(=O)c2ccc(I)cc2)CC1. The summed E-state index contributed by atoms with van der Waals surface area (Å²) in [4.78, 5) is 14.5. The summed E-state index contributed by atoms with van der Waals surface area (Å²) in [6.07, 6.45) is 0.582. The van der Waals surface area contributed by atoms with Crippen LogP contribution in [0, 0.1) is 17.4 Å². The predicted octanol–water partition coefficient (Wildman–Crippen LogP) is 2.43. The van der Waals surface area contributed by atoms with Crippen molar-refractivity contribution in [3.63, 3.8) is 0 Å². The van der Waals surface area contributed by atoms with E-state index in [0.717, 1.165) is 3.57 Å². The number of rotatable bonds is 3. The van der Waals surface area contributed by atoms with E-state index in [4.69, 9.17) is 4.52 Å². The summed E-state index contributed by atoms with van der Waals surface area (Å²) in [5, 5.41) is 3.74. The number of hydrogen-bond acceptors (Lipinski definition) is 5. The number of hydrogen-bond donors (Lipinski definition) is 0. The summed E-state index contributed by atoms with van der Waals surface area (Å²) in [5.74, 6) is 0.219. The Labute approximate surface area is 166 Å². The first-order valence-electron chi connectivity index (χ1n) is 8.28. The van der Waals surface area contributed by atoms with Gasteiger partial charge in [0.15, 0.2) is 5.76 Å². The van der Waals surface area contributed by atoms with Crippen molar-refractivity contribution in [1.29, 1.82) is 0 Å². The van der Waals surface area contributed by atoms with Gasteiger partial charge >= 0.3 is 0 Å². The third-order valence-corrected chi connectivity index (χ3v) is 7.26. The van der Waals surface area contributed by atoms with Crippen LogP contribution in [-0.4, -0.2) is 54.9 Å². The molecular weight excluding hydrogens is 469 g/mol. The Morgan fingerprint density at radius 1 is 1.12 bits per heavy atom. The molecule has 1 aliphatic rings. The molecule has 140 valence electrons. The van der Waals surface area contributed by atoms with Gasteiger partial charge in [0.25, 0.3) is 5.91 Å². The average Bonchev–Trinajstić information content (AvgIpc) is 2.81. The molecular formula is C17H20IN3O4S. The normalized spacial score (nSPS) is 16.5. The Hall–Kier alpha value is -1.46. The first kappa shape index (κ1) is 19.3. The zero-order valence-electron chi connectivity index (χ0n) is 14.6. The monoisotopic (exact) mass is 489 g/mol. The third kappa shape index (κ3) is 3.79. The van der Waals surface area contributed by atoms with Crippen molar-refractivity contribution in [2.24, 2.45) is 0 Å². The van der Waals surface area contributed by atoms with Crippen molar-refractivity contribution < 1.29 is 17.7 Å². The van der Waals surface area contributed by atoms with Crippen LogP contribution in [0.5, 0.6) is 0 Å². The molecule has 1 saturated heterocycles. The summed E-state index contributed by atoms with van der Waals surface area (Å²) in [6.45, 7) is 4.71. The highest BCUT2D eigenvalue weighted by atomic mass is 127. The second-order valence-electron chi connectivity index (χ2n) is 6.21. The molecule has 0 radical (unpaired) electrons. The molecule has 0 atom stereocenters. The maximum atomic E-state index is 12.9. The topological polar surface area (TPSA) is 83.7 Å². The number of amides is 1. The number of halogens is 1. The van der Waals surface area contributed by atoms with Crippen molar-refractivity contribution in [3.8, 4) is 0 Å². The van der Waals surface area contributed by atoms with Crippen molar-refractivity contribution in [3.05, 3.63) is 44.9 Å². The molecule has 2 aromatic rings. The van der Waals surface area contributed by atoms with Crippen molar-refractivity contribution in [1.82, 2.24) is 14.4 Å². The molecule has 0 saturated carbocycles. The minimum Gasteiger partial charge on any atom is -0.360 e. The van der Waals surface area contributed by atoms with Gasteiger partial charge in [0.2, 0.25) is 10.0 Å². The van der Waals surface area contributed by atoms with Crippen LogP contribution >= 0.6 is 22.6 Å². The minimum atomic E-state index is -3.68. The molecule has 0 aliphatic carbocycles. The Morgan fingerprint density at radius 2 is 1.81 bits per heavy atom. The van der Waals surface area contributed by atoms with E-state index in [1.807, 2.05) is 12.1 Å². The largest absolute Gasteiger partial charge is 0.360 e. The van der Waals surface area contributed by atoms with Gasteiger partial charge in [-0.1, -0.05) is 5.16 Å². The molecule has 9 heteroatoms. The van der Waals surface area contributed by atoms with E-state index in [1.54, 1.807) is 30.9 Å². The number of aryl methyl sites for hydroxylation is 2. The van der Waals surface area contributed by atoms with Crippen molar-refractivity contribution >= 4 is 38.5 Å². The molecule has 0 spiro atoms. The number of carbonyl (C=O) groups is 1.